The average molecular weight is 357 g/mol. The summed E-state index contributed by atoms with van der Waals surface area (Å²) in [6.45, 7) is 8.80. The van der Waals surface area contributed by atoms with Crippen LogP contribution in [0.2, 0.25) is 5.02 Å². The van der Waals surface area contributed by atoms with Crippen LogP contribution in [0.5, 0.6) is 5.75 Å². The van der Waals surface area contributed by atoms with E-state index in [2.05, 4.69) is 45.0 Å². The van der Waals surface area contributed by atoms with Crippen molar-refractivity contribution in [3.63, 3.8) is 0 Å². The van der Waals surface area contributed by atoms with Gasteiger partial charge >= 0.3 is 5.63 Å². The van der Waals surface area contributed by atoms with Crippen molar-refractivity contribution in [2.75, 3.05) is 0 Å². The van der Waals surface area contributed by atoms with E-state index < -0.39 is 0 Å². The van der Waals surface area contributed by atoms with Gasteiger partial charge in [0, 0.05) is 17.5 Å². The molecule has 0 N–H and O–H groups in total. The van der Waals surface area contributed by atoms with E-state index in [4.69, 9.17) is 20.8 Å². The summed E-state index contributed by atoms with van der Waals surface area (Å²) in [4.78, 5) is 11.6. The van der Waals surface area contributed by atoms with Crippen molar-refractivity contribution in [2.45, 2.75) is 39.7 Å². The van der Waals surface area contributed by atoms with Gasteiger partial charge in [-0.05, 0) is 35.1 Å². The van der Waals surface area contributed by atoms with Crippen LogP contribution in [-0.2, 0) is 12.0 Å². The van der Waals surface area contributed by atoms with E-state index in [0.29, 0.717) is 23.0 Å². The number of hydrogen-bond acceptors (Lipinski definition) is 3. The third kappa shape index (κ3) is 3.88. The fourth-order valence-electron chi connectivity index (χ4n) is 2.69. The molecule has 0 radical (unpaired) electrons. The van der Waals surface area contributed by atoms with Gasteiger partial charge < -0.3 is 9.15 Å². The maximum atomic E-state index is 11.6. The van der Waals surface area contributed by atoms with Gasteiger partial charge in [-0.2, -0.15) is 0 Å². The van der Waals surface area contributed by atoms with Crippen LogP contribution >= 0.6 is 11.6 Å². The van der Waals surface area contributed by atoms with E-state index in [1.54, 1.807) is 12.1 Å². The third-order valence-electron chi connectivity index (χ3n) is 4.22. The first kappa shape index (κ1) is 17.6. The Hall–Kier alpha value is -2.26. The molecular formula is C21H21ClO3. The molecule has 0 saturated heterocycles. The highest BCUT2D eigenvalue weighted by Crippen LogP contribution is 2.31. The molecule has 0 spiro atoms. The van der Waals surface area contributed by atoms with Crippen molar-refractivity contribution in [1.82, 2.24) is 0 Å². The maximum Gasteiger partial charge on any atom is 0.336 e. The molecule has 0 saturated carbocycles. The molecule has 1 heterocycles. The summed E-state index contributed by atoms with van der Waals surface area (Å²) in [5.41, 5.74) is 3.38. The molecule has 0 aliphatic heterocycles. The van der Waals surface area contributed by atoms with Crippen molar-refractivity contribution in [3.05, 3.63) is 74.6 Å². The number of benzene rings is 2. The highest BCUT2D eigenvalue weighted by molar-refractivity contribution is 6.32. The third-order valence-corrected chi connectivity index (χ3v) is 4.51. The zero-order valence-corrected chi connectivity index (χ0v) is 15.6. The number of rotatable bonds is 3. The fourth-order valence-corrected chi connectivity index (χ4v) is 2.91. The Balaban J connectivity index is 1.83. The highest BCUT2D eigenvalue weighted by Gasteiger charge is 2.13. The molecule has 4 heteroatoms. The maximum absolute atomic E-state index is 11.6. The lowest BCUT2D eigenvalue weighted by Crippen LogP contribution is -2.10. The second-order valence-electron chi connectivity index (χ2n) is 7.26. The molecule has 0 bridgehead atoms. The smallest absolute Gasteiger partial charge is 0.336 e. The molecule has 3 nitrogen and oxygen atoms in total. The molecule has 0 unspecified atom stereocenters. The summed E-state index contributed by atoms with van der Waals surface area (Å²) in [5, 5.41) is 1.31. The van der Waals surface area contributed by atoms with Gasteiger partial charge in [-0.15, -0.1) is 0 Å². The van der Waals surface area contributed by atoms with Crippen molar-refractivity contribution in [1.29, 1.82) is 0 Å². The highest BCUT2D eigenvalue weighted by atomic mass is 35.5. The monoisotopic (exact) mass is 356 g/mol. The molecule has 2 aromatic carbocycles. The van der Waals surface area contributed by atoms with Crippen LogP contribution in [0.25, 0.3) is 11.0 Å². The predicted molar refractivity (Wildman–Crippen MR) is 102 cm³/mol. The van der Waals surface area contributed by atoms with Crippen LogP contribution in [0.1, 0.15) is 37.5 Å². The largest absolute Gasteiger partial charge is 0.487 e. The lowest BCUT2D eigenvalue weighted by atomic mass is 9.87. The lowest BCUT2D eigenvalue weighted by Gasteiger charge is -2.19. The quantitative estimate of drug-likeness (QED) is 0.571. The molecule has 3 aromatic rings. The lowest BCUT2D eigenvalue weighted by molar-refractivity contribution is 0.306. The minimum Gasteiger partial charge on any atom is -0.487 e. The Morgan fingerprint density at radius 1 is 1.08 bits per heavy atom. The Kier molecular flexibility index (Phi) is 4.61. The van der Waals surface area contributed by atoms with Gasteiger partial charge in [-0.25, -0.2) is 4.79 Å². The summed E-state index contributed by atoms with van der Waals surface area (Å²) in [5.74, 6) is 0.503. The number of aryl methyl sites for hydroxylation is 1. The van der Waals surface area contributed by atoms with Crippen molar-refractivity contribution in [3.8, 4) is 5.75 Å². The minimum absolute atomic E-state index is 0.121. The Labute approximate surface area is 152 Å². The normalized spacial score (nSPS) is 11.7. The molecule has 0 aliphatic rings. The van der Waals surface area contributed by atoms with Crippen LogP contribution in [0.3, 0.4) is 0 Å². The fraction of sp³-hybridized carbons (Fsp3) is 0.286. The molecule has 0 aliphatic carbocycles. The zero-order chi connectivity index (χ0) is 18.2. The van der Waals surface area contributed by atoms with Gasteiger partial charge in [0.25, 0.3) is 0 Å². The van der Waals surface area contributed by atoms with Crippen LogP contribution in [-0.4, -0.2) is 0 Å². The summed E-state index contributed by atoms with van der Waals surface area (Å²) in [6, 6.07) is 13.2. The van der Waals surface area contributed by atoms with Crippen LogP contribution in [0.15, 0.2) is 51.7 Å². The van der Waals surface area contributed by atoms with Gasteiger partial charge in [-0.1, -0.05) is 56.6 Å². The molecule has 0 atom stereocenters. The summed E-state index contributed by atoms with van der Waals surface area (Å²) in [6.07, 6.45) is 0. The van der Waals surface area contributed by atoms with Crippen LogP contribution in [0.4, 0.5) is 0 Å². The van der Waals surface area contributed by atoms with Gasteiger partial charge in [0.15, 0.2) is 0 Å². The van der Waals surface area contributed by atoms with Gasteiger partial charge in [-0.3, -0.25) is 0 Å². The standard InChI is InChI=1S/C21H21ClO3/c1-13-9-20(23)25-18-11-19(17(22)10-16(13)18)24-12-14-5-7-15(8-6-14)21(2,3)4/h5-11H,12H2,1-4H3. The summed E-state index contributed by atoms with van der Waals surface area (Å²) >= 11 is 6.32. The average Bonchev–Trinajstić information content (AvgIpc) is 2.53. The summed E-state index contributed by atoms with van der Waals surface area (Å²) in [7, 11) is 0. The number of hydrogen-bond donors (Lipinski definition) is 0. The van der Waals surface area contributed by atoms with E-state index in [1.165, 1.54) is 11.6 Å². The zero-order valence-electron chi connectivity index (χ0n) is 14.9. The van der Waals surface area contributed by atoms with Crippen molar-refractivity contribution >= 4 is 22.6 Å². The number of ether oxygens (including phenoxy) is 1. The van der Waals surface area contributed by atoms with E-state index in [9.17, 15) is 4.79 Å². The second-order valence-corrected chi connectivity index (χ2v) is 7.67. The summed E-state index contributed by atoms with van der Waals surface area (Å²) < 4.78 is 11.1. The first-order chi connectivity index (χ1) is 11.7. The number of fused-ring (bicyclic) bond motifs is 1. The SMILES string of the molecule is Cc1cc(=O)oc2cc(OCc3ccc(C(C)(C)C)cc3)c(Cl)cc12. The molecular weight excluding hydrogens is 336 g/mol. The minimum atomic E-state index is -0.379. The van der Waals surface area contributed by atoms with Crippen LogP contribution < -0.4 is 10.4 Å². The predicted octanol–water partition coefficient (Wildman–Crippen LogP) is 5.63. The molecule has 0 amide bonds. The molecule has 130 valence electrons. The van der Waals surface area contributed by atoms with E-state index in [-0.39, 0.29) is 11.0 Å². The van der Waals surface area contributed by atoms with E-state index in [0.717, 1.165) is 16.5 Å². The Morgan fingerprint density at radius 3 is 2.40 bits per heavy atom. The van der Waals surface area contributed by atoms with Gasteiger partial charge in [0.1, 0.15) is 17.9 Å². The second kappa shape index (κ2) is 6.57. The van der Waals surface area contributed by atoms with E-state index >= 15 is 0 Å². The van der Waals surface area contributed by atoms with E-state index in [1.807, 2.05) is 6.92 Å². The van der Waals surface area contributed by atoms with Crippen molar-refractivity contribution < 1.29 is 9.15 Å². The van der Waals surface area contributed by atoms with Gasteiger partial charge in [0.05, 0.1) is 5.02 Å². The van der Waals surface area contributed by atoms with Gasteiger partial charge in [0.2, 0.25) is 0 Å². The Morgan fingerprint density at radius 2 is 1.76 bits per heavy atom. The van der Waals surface area contributed by atoms with Crippen molar-refractivity contribution in [2.24, 2.45) is 0 Å². The first-order valence-corrected chi connectivity index (χ1v) is 8.58. The molecule has 0 fully saturated rings. The number of halogens is 1. The van der Waals surface area contributed by atoms with Crippen LogP contribution in [0, 0.1) is 6.92 Å². The molecule has 3 rings (SSSR count). The topological polar surface area (TPSA) is 39.4 Å². The Bertz CT molecular complexity index is 963. The molecule has 25 heavy (non-hydrogen) atoms. The first-order valence-electron chi connectivity index (χ1n) is 8.20. The molecule has 1 aromatic heterocycles.